The zero-order chi connectivity index (χ0) is 21.6. The zero-order valence-corrected chi connectivity index (χ0v) is 16.3. The molecule has 0 spiro atoms. The highest BCUT2D eigenvalue weighted by Crippen LogP contribution is 2.29. The minimum Gasteiger partial charge on any atom is -0.497 e. The van der Waals surface area contributed by atoms with Gasteiger partial charge in [0.2, 0.25) is 0 Å². The zero-order valence-electron chi connectivity index (χ0n) is 16.3. The summed E-state index contributed by atoms with van der Waals surface area (Å²) in [7, 11) is 4.18. The number of amides is 1. The van der Waals surface area contributed by atoms with Gasteiger partial charge in [0, 0.05) is 12.1 Å². The summed E-state index contributed by atoms with van der Waals surface area (Å²) in [5.41, 5.74) is 0.139. The highest BCUT2D eigenvalue weighted by atomic mass is 16.6. The molecule has 0 aliphatic rings. The van der Waals surface area contributed by atoms with Gasteiger partial charge in [-0.2, -0.15) is 0 Å². The third kappa shape index (κ3) is 5.12. The van der Waals surface area contributed by atoms with Gasteiger partial charge in [0.25, 0.3) is 11.6 Å². The van der Waals surface area contributed by atoms with Crippen LogP contribution in [0.1, 0.15) is 17.3 Å². The molecule has 2 rings (SSSR count). The number of methoxy groups -OCH3 is 3. The van der Waals surface area contributed by atoms with Crippen LogP contribution >= 0.6 is 0 Å². The van der Waals surface area contributed by atoms with Crippen LogP contribution in [0.5, 0.6) is 17.2 Å². The lowest BCUT2D eigenvalue weighted by atomic mass is 10.2. The van der Waals surface area contributed by atoms with Gasteiger partial charge in [-0.25, -0.2) is 4.79 Å². The number of hydrogen-bond donors (Lipinski definition) is 1. The van der Waals surface area contributed by atoms with Gasteiger partial charge in [0.15, 0.2) is 6.10 Å². The van der Waals surface area contributed by atoms with Crippen molar-refractivity contribution < 1.29 is 33.5 Å². The highest BCUT2D eigenvalue weighted by molar-refractivity contribution is 5.99. The Hall–Kier alpha value is -3.82. The molecule has 0 unspecified atom stereocenters. The number of benzene rings is 2. The molecule has 1 N–H and O–H groups in total. The lowest BCUT2D eigenvalue weighted by Crippen LogP contribution is -2.30. The predicted octanol–water partition coefficient (Wildman–Crippen LogP) is 2.80. The summed E-state index contributed by atoms with van der Waals surface area (Å²) in [5.74, 6) is -0.572. The first kappa shape index (κ1) is 21.5. The lowest BCUT2D eigenvalue weighted by Gasteiger charge is -2.16. The first-order chi connectivity index (χ1) is 13.8. The van der Waals surface area contributed by atoms with E-state index in [1.54, 1.807) is 6.07 Å². The van der Waals surface area contributed by atoms with Crippen LogP contribution in [0.4, 0.5) is 11.4 Å². The molecule has 0 saturated carbocycles. The van der Waals surface area contributed by atoms with Crippen LogP contribution in [0.3, 0.4) is 0 Å². The van der Waals surface area contributed by atoms with Crippen molar-refractivity contribution in [2.75, 3.05) is 26.6 Å². The van der Waals surface area contributed by atoms with Gasteiger partial charge in [0.05, 0.1) is 38.0 Å². The van der Waals surface area contributed by atoms with Gasteiger partial charge >= 0.3 is 5.97 Å². The van der Waals surface area contributed by atoms with Crippen molar-refractivity contribution in [3.63, 3.8) is 0 Å². The number of anilines is 1. The maximum absolute atomic E-state index is 12.4. The van der Waals surface area contributed by atoms with Gasteiger partial charge < -0.3 is 24.3 Å². The van der Waals surface area contributed by atoms with E-state index in [4.69, 9.17) is 18.9 Å². The van der Waals surface area contributed by atoms with Crippen LogP contribution in [-0.4, -0.2) is 44.2 Å². The molecular weight excluding hydrogens is 384 g/mol. The Balaban J connectivity index is 2.11. The number of hydrogen-bond acceptors (Lipinski definition) is 8. The third-order valence-corrected chi connectivity index (χ3v) is 3.94. The summed E-state index contributed by atoms with van der Waals surface area (Å²) in [6, 6.07) is 8.26. The van der Waals surface area contributed by atoms with E-state index < -0.39 is 22.9 Å². The van der Waals surface area contributed by atoms with Crippen molar-refractivity contribution in [2.24, 2.45) is 0 Å². The largest absolute Gasteiger partial charge is 0.497 e. The number of rotatable bonds is 8. The summed E-state index contributed by atoms with van der Waals surface area (Å²) in [5, 5.41) is 13.4. The molecule has 2 aromatic carbocycles. The maximum atomic E-state index is 12.4. The molecule has 0 heterocycles. The normalized spacial score (nSPS) is 11.2. The second kappa shape index (κ2) is 9.40. The maximum Gasteiger partial charge on any atom is 0.342 e. The van der Waals surface area contributed by atoms with Crippen molar-refractivity contribution in [1.29, 1.82) is 0 Å². The first-order valence-corrected chi connectivity index (χ1v) is 8.37. The van der Waals surface area contributed by atoms with E-state index in [9.17, 15) is 19.7 Å². The summed E-state index contributed by atoms with van der Waals surface area (Å²) in [4.78, 5) is 35.1. The minimum atomic E-state index is -1.16. The van der Waals surface area contributed by atoms with Crippen LogP contribution in [0.2, 0.25) is 0 Å². The number of nitro benzene ring substituents is 1. The fraction of sp³-hybridized carbons (Fsp3) is 0.263. The molecule has 10 nitrogen and oxygen atoms in total. The SMILES string of the molecule is COc1ccc(C(=O)O[C@H](C)C(=O)Nc2ccc([N+](=O)[O-])cc2OC)c(OC)c1. The molecule has 0 saturated heterocycles. The van der Waals surface area contributed by atoms with Crippen molar-refractivity contribution >= 4 is 23.3 Å². The Morgan fingerprint density at radius 3 is 2.28 bits per heavy atom. The molecule has 0 aliphatic heterocycles. The van der Waals surface area contributed by atoms with Crippen molar-refractivity contribution in [2.45, 2.75) is 13.0 Å². The smallest absolute Gasteiger partial charge is 0.342 e. The van der Waals surface area contributed by atoms with Crippen molar-refractivity contribution in [3.8, 4) is 17.2 Å². The lowest BCUT2D eigenvalue weighted by molar-refractivity contribution is -0.384. The highest BCUT2D eigenvalue weighted by Gasteiger charge is 2.23. The standard InChI is InChI=1S/C19H20N2O8/c1-11(29-19(23)14-7-6-13(26-2)10-16(14)27-3)18(22)20-15-8-5-12(21(24)25)9-17(15)28-4/h5-11H,1-4H3,(H,20,22)/t11-/m1/s1. The van der Waals surface area contributed by atoms with E-state index in [0.29, 0.717) is 5.75 Å². The summed E-state index contributed by atoms with van der Waals surface area (Å²) in [6.45, 7) is 1.39. The number of carbonyl (C=O) groups is 2. The number of esters is 1. The van der Waals surface area contributed by atoms with E-state index in [2.05, 4.69) is 5.32 Å². The Morgan fingerprint density at radius 2 is 1.69 bits per heavy atom. The van der Waals surface area contributed by atoms with Gasteiger partial charge in [0.1, 0.15) is 22.8 Å². The quantitative estimate of drug-likeness (QED) is 0.404. The number of ether oxygens (including phenoxy) is 4. The minimum absolute atomic E-state index is 0.0999. The number of nitro groups is 1. The van der Waals surface area contributed by atoms with Crippen LogP contribution in [0, 0.1) is 10.1 Å². The van der Waals surface area contributed by atoms with Crippen LogP contribution < -0.4 is 19.5 Å². The Morgan fingerprint density at radius 1 is 1.00 bits per heavy atom. The molecule has 0 aliphatic carbocycles. The molecule has 0 bridgehead atoms. The van der Waals surface area contributed by atoms with Crippen LogP contribution in [-0.2, 0) is 9.53 Å². The fourth-order valence-corrected chi connectivity index (χ4v) is 2.38. The van der Waals surface area contributed by atoms with Crippen LogP contribution in [0.25, 0.3) is 0 Å². The van der Waals surface area contributed by atoms with E-state index in [1.165, 1.54) is 58.6 Å². The van der Waals surface area contributed by atoms with Gasteiger partial charge in [-0.1, -0.05) is 0 Å². The molecule has 0 radical (unpaired) electrons. The van der Waals surface area contributed by atoms with Gasteiger partial charge in [-0.3, -0.25) is 14.9 Å². The predicted molar refractivity (Wildman–Crippen MR) is 103 cm³/mol. The Labute approximate surface area is 166 Å². The van der Waals surface area contributed by atoms with Crippen molar-refractivity contribution in [3.05, 3.63) is 52.1 Å². The van der Waals surface area contributed by atoms with E-state index in [0.717, 1.165) is 0 Å². The summed E-state index contributed by atoms with van der Waals surface area (Å²) < 4.78 is 20.5. The number of non-ortho nitro benzene ring substituents is 1. The third-order valence-electron chi connectivity index (χ3n) is 3.94. The average molecular weight is 404 g/mol. The molecule has 0 fully saturated rings. The molecule has 1 amide bonds. The van der Waals surface area contributed by atoms with Crippen LogP contribution in [0.15, 0.2) is 36.4 Å². The second-order valence-electron chi connectivity index (χ2n) is 5.74. The number of nitrogens with zero attached hydrogens (tertiary/aromatic N) is 1. The molecular formula is C19H20N2O8. The monoisotopic (exact) mass is 404 g/mol. The van der Waals surface area contributed by atoms with E-state index in [-0.39, 0.29) is 28.4 Å². The average Bonchev–Trinajstić information content (AvgIpc) is 2.72. The molecule has 0 aromatic heterocycles. The summed E-state index contributed by atoms with van der Waals surface area (Å²) in [6.07, 6.45) is -1.16. The van der Waals surface area contributed by atoms with Gasteiger partial charge in [-0.15, -0.1) is 0 Å². The number of carbonyl (C=O) groups excluding carboxylic acids is 2. The fourth-order valence-electron chi connectivity index (χ4n) is 2.38. The molecule has 1 atom stereocenters. The molecule has 154 valence electrons. The molecule has 10 heteroatoms. The number of nitrogens with one attached hydrogen (secondary N) is 1. The van der Waals surface area contributed by atoms with Gasteiger partial charge in [-0.05, 0) is 25.1 Å². The first-order valence-electron chi connectivity index (χ1n) is 8.37. The Bertz CT molecular complexity index is 928. The van der Waals surface area contributed by atoms with E-state index in [1.807, 2.05) is 0 Å². The molecule has 29 heavy (non-hydrogen) atoms. The van der Waals surface area contributed by atoms with E-state index >= 15 is 0 Å². The second-order valence-corrected chi connectivity index (χ2v) is 5.74. The summed E-state index contributed by atoms with van der Waals surface area (Å²) >= 11 is 0. The Kier molecular flexibility index (Phi) is 6.96. The topological polar surface area (TPSA) is 126 Å². The van der Waals surface area contributed by atoms with Crippen molar-refractivity contribution in [1.82, 2.24) is 0 Å². The molecule has 2 aromatic rings.